The van der Waals surface area contributed by atoms with E-state index in [2.05, 4.69) is 22.2 Å². The summed E-state index contributed by atoms with van der Waals surface area (Å²) in [6.45, 7) is 2.92. The molecule has 0 aliphatic rings. The summed E-state index contributed by atoms with van der Waals surface area (Å²) in [6.07, 6.45) is 9.45. The Morgan fingerprint density at radius 2 is 1.53 bits per heavy atom. The molecule has 0 saturated heterocycles. The largest absolute Gasteiger partial charge is 0.494 e. The maximum Gasteiger partial charge on any atom is 0.326 e. The van der Waals surface area contributed by atoms with Gasteiger partial charge in [-0.05, 0) is 41.8 Å². The SMILES string of the molecule is CCCCCCCOc1ccc(-c2cnc(-c3ccc(C[C@H](NC(=O)c4c(Cl)ccc(F)c4Cl)C(=O)O)cc3)nc2)cc1. The van der Waals surface area contributed by atoms with Crippen LogP contribution in [0, 0.1) is 5.82 Å². The molecular weight excluding hydrogens is 592 g/mol. The minimum Gasteiger partial charge on any atom is -0.494 e. The number of nitrogens with zero attached hydrogens (tertiary/aromatic N) is 2. The van der Waals surface area contributed by atoms with Crippen LogP contribution in [0.25, 0.3) is 22.5 Å². The number of hydrogen-bond acceptors (Lipinski definition) is 5. The summed E-state index contributed by atoms with van der Waals surface area (Å²) in [7, 11) is 0. The molecule has 4 aromatic rings. The van der Waals surface area contributed by atoms with Crippen molar-refractivity contribution in [1.29, 1.82) is 0 Å². The van der Waals surface area contributed by atoms with Crippen molar-refractivity contribution in [3.63, 3.8) is 0 Å². The molecule has 224 valence electrons. The van der Waals surface area contributed by atoms with Gasteiger partial charge in [0.1, 0.15) is 17.6 Å². The maximum absolute atomic E-state index is 13.8. The molecule has 10 heteroatoms. The Kier molecular flexibility index (Phi) is 11.5. The van der Waals surface area contributed by atoms with E-state index in [1.165, 1.54) is 31.7 Å². The minimum atomic E-state index is -1.30. The van der Waals surface area contributed by atoms with Crippen molar-refractivity contribution < 1.29 is 23.8 Å². The highest BCUT2D eigenvalue weighted by Gasteiger charge is 2.25. The average molecular weight is 625 g/mol. The summed E-state index contributed by atoms with van der Waals surface area (Å²) in [5.74, 6) is -1.63. The fourth-order valence-electron chi connectivity index (χ4n) is 4.46. The van der Waals surface area contributed by atoms with Gasteiger partial charge in [0, 0.05) is 29.9 Å². The van der Waals surface area contributed by atoms with E-state index < -0.39 is 28.8 Å². The van der Waals surface area contributed by atoms with Gasteiger partial charge in [-0.15, -0.1) is 0 Å². The number of carboxylic acids is 1. The van der Waals surface area contributed by atoms with Crippen LogP contribution in [0.1, 0.15) is 54.9 Å². The molecule has 1 heterocycles. The highest BCUT2D eigenvalue weighted by atomic mass is 35.5. The number of unbranched alkanes of at least 4 members (excludes halogenated alkanes) is 4. The number of nitrogens with one attached hydrogen (secondary N) is 1. The summed E-state index contributed by atoms with van der Waals surface area (Å²) in [5, 5.41) is 11.5. The molecule has 1 atom stereocenters. The van der Waals surface area contributed by atoms with Crippen LogP contribution in [0.4, 0.5) is 4.39 Å². The molecule has 0 bridgehead atoms. The summed E-state index contributed by atoms with van der Waals surface area (Å²) in [5.41, 5.74) is 2.91. The second-order valence-electron chi connectivity index (χ2n) is 10.1. The van der Waals surface area contributed by atoms with Gasteiger partial charge in [-0.25, -0.2) is 19.2 Å². The van der Waals surface area contributed by atoms with Gasteiger partial charge in [0.05, 0.1) is 22.2 Å². The Morgan fingerprint density at radius 1 is 0.884 bits per heavy atom. The Morgan fingerprint density at radius 3 is 2.19 bits per heavy atom. The fraction of sp³-hybridized carbons (Fsp3) is 0.273. The molecule has 2 N–H and O–H groups in total. The fourth-order valence-corrected chi connectivity index (χ4v) is 5.00. The van der Waals surface area contributed by atoms with Crippen LogP contribution in [-0.4, -0.2) is 39.6 Å². The lowest BCUT2D eigenvalue weighted by Gasteiger charge is -2.16. The lowest BCUT2D eigenvalue weighted by molar-refractivity contribution is -0.139. The zero-order chi connectivity index (χ0) is 30.8. The lowest BCUT2D eigenvalue weighted by Crippen LogP contribution is -2.42. The van der Waals surface area contributed by atoms with Crippen LogP contribution >= 0.6 is 23.2 Å². The Labute approximate surface area is 260 Å². The van der Waals surface area contributed by atoms with Crippen molar-refractivity contribution in [3.8, 4) is 28.3 Å². The van der Waals surface area contributed by atoms with E-state index in [9.17, 15) is 19.1 Å². The molecule has 0 spiro atoms. The first-order chi connectivity index (χ1) is 20.8. The number of ether oxygens (including phenoxy) is 1. The first-order valence-corrected chi connectivity index (χ1v) is 14.8. The molecule has 7 nitrogen and oxygen atoms in total. The number of carbonyl (C=O) groups excluding carboxylic acids is 1. The van der Waals surface area contributed by atoms with E-state index in [1.807, 2.05) is 24.3 Å². The third kappa shape index (κ3) is 8.75. The van der Waals surface area contributed by atoms with Gasteiger partial charge in [-0.2, -0.15) is 0 Å². The number of carboxylic acid groups (broad SMARTS) is 1. The number of halogens is 3. The highest BCUT2D eigenvalue weighted by Crippen LogP contribution is 2.28. The number of aromatic nitrogens is 2. The second kappa shape index (κ2) is 15.5. The number of aliphatic carboxylic acids is 1. The summed E-state index contributed by atoms with van der Waals surface area (Å²) in [4.78, 5) is 33.5. The van der Waals surface area contributed by atoms with E-state index in [0.29, 0.717) is 18.0 Å². The number of benzene rings is 3. The summed E-state index contributed by atoms with van der Waals surface area (Å²) in [6, 6.07) is 15.8. The predicted octanol–water partition coefficient (Wildman–Crippen LogP) is 8.03. The Hall–Kier alpha value is -4.01. The third-order valence-corrected chi connectivity index (χ3v) is 7.57. The normalized spacial score (nSPS) is 11.6. The van der Waals surface area contributed by atoms with Crippen molar-refractivity contribution in [2.45, 2.75) is 51.5 Å². The molecule has 0 radical (unpaired) electrons. The van der Waals surface area contributed by atoms with Crippen LogP contribution in [0.5, 0.6) is 5.75 Å². The Balaban J connectivity index is 1.35. The molecule has 43 heavy (non-hydrogen) atoms. The molecule has 3 aromatic carbocycles. The lowest BCUT2D eigenvalue weighted by atomic mass is 10.0. The highest BCUT2D eigenvalue weighted by molar-refractivity contribution is 6.39. The average Bonchev–Trinajstić information content (AvgIpc) is 3.01. The quantitative estimate of drug-likeness (QED) is 0.109. The van der Waals surface area contributed by atoms with E-state index in [4.69, 9.17) is 27.9 Å². The second-order valence-corrected chi connectivity index (χ2v) is 10.9. The number of hydrogen-bond donors (Lipinski definition) is 2. The molecule has 0 aliphatic heterocycles. The first-order valence-electron chi connectivity index (χ1n) is 14.1. The van der Waals surface area contributed by atoms with Gasteiger partial charge in [-0.1, -0.05) is 92.2 Å². The van der Waals surface area contributed by atoms with Gasteiger partial charge >= 0.3 is 5.97 Å². The minimum absolute atomic E-state index is 0.0235. The zero-order valence-corrected chi connectivity index (χ0v) is 25.2. The topological polar surface area (TPSA) is 101 Å². The number of rotatable bonds is 14. The van der Waals surface area contributed by atoms with E-state index in [-0.39, 0.29) is 17.0 Å². The van der Waals surface area contributed by atoms with Gasteiger partial charge in [0.15, 0.2) is 5.82 Å². The molecule has 0 aliphatic carbocycles. The van der Waals surface area contributed by atoms with E-state index in [1.54, 1.807) is 36.7 Å². The van der Waals surface area contributed by atoms with Gasteiger partial charge in [-0.3, -0.25) is 4.79 Å². The van der Waals surface area contributed by atoms with Crippen molar-refractivity contribution in [2.75, 3.05) is 6.61 Å². The monoisotopic (exact) mass is 623 g/mol. The number of carbonyl (C=O) groups is 2. The summed E-state index contributed by atoms with van der Waals surface area (Å²) >= 11 is 11.9. The smallest absolute Gasteiger partial charge is 0.326 e. The van der Waals surface area contributed by atoms with E-state index >= 15 is 0 Å². The van der Waals surface area contributed by atoms with Crippen LogP contribution in [0.15, 0.2) is 73.1 Å². The molecule has 4 rings (SSSR count). The van der Waals surface area contributed by atoms with Gasteiger partial charge in [0.25, 0.3) is 5.91 Å². The van der Waals surface area contributed by atoms with Crippen LogP contribution < -0.4 is 10.1 Å². The van der Waals surface area contributed by atoms with Gasteiger partial charge < -0.3 is 15.2 Å². The molecule has 0 saturated carbocycles. The van der Waals surface area contributed by atoms with Crippen LogP contribution in [0.2, 0.25) is 10.0 Å². The van der Waals surface area contributed by atoms with Crippen molar-refractivity contribution in [2.24, 2.45) is 0 Å². The summed E-state index contributed by atoms with van der Waals surface area (Å²) < 4.78 is 19.7. The standard InChI is InChI=1S/C33H32Cl2FN3O4/c1-2-3-4-5-6-17-43-25-13-11-22(12-14-25)24-19-37-31(38-20-24)23-9-7-21(8-10-23)18-28(33(41)42)39-32(40)29-26(34)15-16-27(36)30(29)35/h7-16,19-20,28H,2-6,17-18H2,1H3,(H,39,40)(H,41,42)/t28-/m0/s1. The Bertz CT molecular complexity index is 1530. The zero-order valence-electron chi connectivity index (χ0n) is 23.7. The first kappa shape index (κ1) is 31.9. The molecule has 0 unspecified atom stereocenters. The third-order valence-electron chi connectivity index (χ3n) is 6.88. The van der Waals surface area contributed by atoms with Crippen LogP contribution in [0.3, 0.4) is 0 Å². The molecule has 1 aromatic heterocycles. The molecule has 0 fully saturated rings. The van der Waals surface area contributed by atoms with Crippen LogP contribution in [-0.2, 0) is 11.2 Å². The number of amides is 1. The van der Waals surface area contributed by atoms with Gasteiger partial charge in [0.2, 0.25) is 0 Å². The van der Waals surface area contributed by atoms with Crippen molar-refractivity contribution in [1.82, 2.24) is 15.3 Å². The molecule has 1 amide bonds. The van der Waals surface area contributed by atoms with E-state index in [0.717, 1.165) is 34.9 Å². The maximum atomic E-state index is 13.8. The predicted molar refractivity (Wildman–Crippen MR) is 166 cm³/mol. The van der Waals surface area contributed by atoms with Crippen molar-refractivity contribution in [3.05, 3.63) is 100 Å². The molecular formula is C33H32Cl2FN3O4. The van der Waals surface area contributed by atoms with Crippen molar-refractivity contribution >= 4 is 35.1 Å².